The van der Waals surface area contributed by atoms with Crippen LogP contribution < -0.4 is 16.4 Å². The fourth-order valence-electron chi connectivity index (χ4n) is 1.71. The fraction of sp³-hybridized carbons (Fsp3) is 0.231. The molecule has 0 saturated carbocycles. The molecule has 8 heteroatoms. The molecule has 2 rings (SSSR count). The van der Waals surface area contributed by atoms with Crippen LogP contribution in [0.25, 0.3) is 0 Å². The van der Waals surface area contributed by atoms with Crippen LogP contribution in [-0.4, -0.2) is 22.3 Å². The molecule has 0 radical (unpaired) electrons. The van der Waals surface area contributed by atoms with Crippen molar-refractivity contribution in [3.63, 3.8) is 0 Å². The highest BCUT2D eigenvalue weighted by Gasteiger charge is 2.10. The molecule has 0 spiro atoms. The molecule has 21 heavy (non-hydrogen) atoms. The van der Waals surface area contributed by atoms with Crippen molar-refractivity contribution in [2.75, 3.05) is 22.9 Å². The molecule has 0 fully saturated rings. The van der Waals surface area contributed by atoms with Gasteiger partial charge in [-0.25, -0.2) is 0 Å². The maximum atomic E-state index is 12.5. The lowest BCUT2D eigenvalue weighted by Gasteiger charge is -2.12. The van der Waals surface area contributed by atoms with E-state index in [9.17, 15) is 8.78 Å². The van der Waals surface area contributed by atoms with Crippen LogP contribution in [0.5, 0.6) is 0 Å². The number of anilines is 4. The number of para-hydroxylation sites is 1. The molecule has 1 heterocycles. The third-order valence-corrected chi connectivity index (χ3v) is 3.26. The third kappa shape index (κ3) is 4.45. The first-order chi connectivity index (χ1) is 10.1. The van der Waals surface area contributed by atoms with Crippen LogP contribution in [0.3, 0.4) is 0 Å². The minimum atomic E-state index is -2.49. The second kappa shape index (κ2) is 7.07. The van der Waals surface area contributed by atoms with Gasteiger partial charge < -0.3 is 16.4 Å². The van der Waals surface area contributed by atoms with Crippen LogP contribution in [0.1, 0.15) is 6.92 Å². The lowest BCUT2D eigenvalue weighted by atomic mass is 10.3. The molecule has 2 aromatic rings. The molecular weight excluding hydrogens is 296 g/mol. The van der Waals surface area contributed by atoms with Gasteiger partial charge in [-0.15, -0.1) is 0 Å². The summed E-state index contributed by atoms with van der Waals surface area (Å²) >= 11 is 0.477. The summed E-state index contributed by atoms with van der Waals surface area (Å²) in [6, 6.07) is 8.45. The zero-order valence-corrected chi connectivity index (χ0v) is 12.1. The van der Waals surface area contributed by atoms with Crippen molar-refractivity contribution in [2.45, 2.75) is 17.6 Å². The molecule has 0 bridgehead atoms. The maximum Gasteiger partial charge on any atom is 0.288 e. The van der Waals surface area contributed by atoms with Crippen LogP contribution >= 0.6 is 11.8 Å². The highest BCUT2D eigenvalue weighted by atomic mass is 32.2. The van der Waals surface area contributed by atoms with Crippen LogP contribution in [0.2, 0.25) is 0 Å². The standard InChI is InChI=1S/C13H15F2N5S/c1-2-17-10-7-11(20-13(16)19-10)18-8-5-3-4-6-9(8)21-12(14)15/h3-7,12H,2H2,1H3,(H4,16,17,18,19,20). The Morgan fingerprint density at radius 1 is 1.24 bits per heavy atom. The van der Waals surface area contributed by atoms with Crippen molar-refractivity contribution >= 4 is 35.0 Å². The van der Waals surface area contributed by atoms with Crippen LogP contribution in [-0.2, 0) is 0 Å². The van der Waals surface area contributed by atoms with E-state index in [2.05, 4.69) is 20.6 Å². The van der Waals surface area contributed by atoms with Gasteiger partial charge in [-0.1, -0.05) is 23.9 Å². The van der Waals surface area contributed by atoms with Crippen molar-refractivity contribution in [3.8, 4) is 0 Å². The Morgan fingerprint density at radius 3 is 2.67 bits per heavy atom. The number of hydrogen-bond donors (Lipinski definition) is 3. The summed E-state index contributed by atoms with van der Waals surface area (Å²) in [7, 11) is 0. The number of nitrogens with one attached hydrogen (secondary N) is 2. The predicted molar refractivity (Wildman–Crippen MR) is 82.2 cm³/mol. The summed E-state index contributed by atoms with van der Waals surface area (Å²) in [5.74, 6) is -1.36. The number of nitrogens with zero attached hydrogens (tertiary/aromatic N) is 2. The Labute approximate surface area is 125 Å². The van der Waals surface area contributed by atoms with Crippen LogP contribution in [0, 0.1) is 0 Å². The number of nitrogens with two attached hydrogens (primary N) is 1. The highest BCUT2D eigenvalue weighted by Crippen LogP contribution is 2.33. The molecule has 112 valence electrons. The van der Waals surface area contributed by atoms with E-state index in [-0.39, 0.29) is 5.95 Å². The zero-order chi connectivity index (χ0) is 15.2. The number of hydrogen-bond acceptors (Lipinski definition) is 6. The van der Waals surface area contributed by atoms with E-state index >= 15 is 0 Å². The van der Waals surface area contributed by atoms with Crippen molar-refractivity contribution in [1.82, 2.24) is 9.97 Å². The van der Waals surface area contributed by atoms with Gasteiger partial charge in [0.2, 0.25) is 5.95 Å². The van der Waals surface area contributed by atoms with E-state index in [0.29, 0.717) is 40.5 Å². The largest absolute Gasteiger partial charge is 0.370 e. The van der Waals surface area contributed by atoms with E-state index in [1.54, 1.807) is 30.3 Å². The summed E-state index contributed by atoms with van der Waals surface area (Å²) in [5, 5.41) is 6.02. The third-order valence-electron chi connectivity index (χ3n) is 2.47. The molecule has 1 aromatic carbocycles. The number of alkyl halides is 2. The van der Waals surface area contributed by atoms with Gasteiger partial charge >= 0.3 is 0 Å². The topological polar surface area (TPSA) is 75.9 Å². The van der Waals surface area contributed by atoms with Gasteiger partial charge in [-0.05, 0) is 19.1 Å². The minimum absolute atomic E-state index is 0.106. The Bertz CT molecular complexity index is 609. The molecule has 0 unspecified atom stereocenters. The van der Waals surface area contributed by atoms with Gasteiger partial charge in [0.25, 0.3) is 5.76 Å². The first-order valence-corrected chi connectivity index (χ1v) is 7.15. The van der Waals surface area contributed by atoms with Gasteiger partial charge in [0.05, 0.1) is 5.69 Å². The first-order valence-electron chi connectivity index (χ1n) is 6.27. The van der Waals surface area contributed by atoms with Gasteiger partial charge in [0.15, 0.2) is 0 Å². The average Bonchev–Trinajstić information content (AvgIpc) is 2.40. The first kappa shape index (κ1) is 15.3. The van der Waals surface area contributed by atoms with E-state index in [0.717, 1.165) is 0 Å². The van der Waals surface area contributed by atoms with Crippen molar-refractivity contribution in [1.29, 1.82) is 0 Å². The molecule has 0 aliphatic rings. The number of aromatic nitrogens is 2. The smallest absolute Gasteiger partial charge is 0.288 e. The lowest BCUT2D eigenvalue weighted by molar-refractivity contribution is 0.252. The molecular formula is C13H15F2N5S. The normalized spacial score (nSPS) is 10.7. The minimum Gasteiger partial charge on any atom is -0.370 e. The molecule has 4 N–H and O–H groups in total. The highest BCUT2D eigenvalue weighted by molar-refractivity contribution is 7.99. The Balaban J connectivity index is 2.25. The number of thioether (sulfide) groups is 1. The molecule has 0 amide bonds. The maximum absolute atomic E-state index is 12.5. The molecule has 0 aliphatic heterocycles. The fourth-order valence-corrected chi connectivity index (χ4v) is 2.30. The summed E-state index contributed by atoms with van der Waals surface area (Å²) < 4.78 is 25.1. The molecule has 0 aliphatic carbocycles. The summed E-state index contributed by atoms with van der Waals surface area (Å²) in [4.78, 5) is 8.52. The van der Waals surface area contributed by atoms with E-state index in [1.807, 2.05) is 6.92 Å². The van der Waals surface area contributed by atoms with E-state index in [1.165, 1.54) is 0 Å². The summed E-state index contributed by atoms with van der Waals surface area (Å²) in [6.07, 6.45) is 0. The van der Waals surface area contributed by atoms with Crippen molar-refractivity contribution in [2.24, 2.45) is 0 Å². The molecule has 0 saturated heterocycles. The van der Waals surface area contributed by atoms with Gasteiger partial charge in [0, 0.05) is 17.5 Å². The van der Waals surface area contributed by atoms with Gasteiger partial charge in [-0.3, -0.25) is 0 Å². The number of benzene rings is 1. The number of nitrogen functional groups attached to an aromatic ring is 1. The Morgan fingerprint density at radius 2 is 1.95 bits per heavy atom. The monoisotopic (exact) mass is 311 g/mol. The van der Waals surface area contributed by atoms with Gasteiger partial charge in [0.1, 0.15) is 11.6 Å². The Kier molecular flexibility index (Phi) is 5.15. The average molecular weight is 311 g/mol. The van der Waals surface area contributed by atoms with Crippen LogP contribution in [0.4, 0.5) is 32.1 Å². The number of rotatable bonds is 6. The lowest BCUT2D eigenvalue weighted by Crippen LogP contribution is -2.06. The number of halogens is 2. The van der Waals surface area contributed by atoms with E-state index < -0.39 is 5.76 Å². The Hall–Kier alpha value is -2.09. The summed E-state index contributed by atoms with van der Waals surface area (Å²) in [6.45, 7) is 2.62. The predicted octanol–water partition coefficient (Wildman–Crippen LogP) is 3.55. The zero-order valence-electron chi connectivity index (χ0n) is 11.3. The van der Waals surface area contributed by atoms with Crippen LogP contribution in [0.15, 0.2) is 35.2 Å². The van der Waals surface area contributed by atoms with Crippen molar-refractivity contribution in [3.05, 3.63) is 30.3 Å². The second-order valence-corrected chi connectivity index (χ2v) is 5.06. The molecule has 0 atom stereocenters. The molecule has 1 aromatic heterocycles. The summed E-state index contributed by atoms with van der Waals surface area (Å²) in [5.41, 5.74) is 6.18. The second-order valence-electron chi connectivity index (χ2n) is 4.03. The van der Waals surface area contributed by atoms with Gasteiger partial charge in [-0.2, -0.15) is 18.7 Å². The van der Waals surface area contributed by atoms with Crippen molar-refractivity contribution < 1.29 is 8.78 Å². The van der Waals surface area contributed by atoms with E-state index in [4.69, 9.17) is 5.73 Å². The SMILES string of the molecule is CCNc1cc(Nc2ccccc2SC(F)F)nc(N)n1. The molecule has 5 nitrogen and oxygen atoms in total. The quantitative estimate of drug-likeness (QED) is 0.708.